The van der Waals surface area contributed by atoms with E-state index in [1.54, 1.807) is 0 Å². The predicted molar refractivity (Wildman–Crippen MR) is 204 cm³/mol. The molecule has 0 fully saturated rings. The van der Waals surface area contributed by atoms with Gasteiger partial charge in [-0.15, -0.1) is 0 Å². The van der Waals surface area contributed by atoms with E-state index < -0.39 is 12.5 Å². The highest BCUT2D eigenvalue weighted by molar-refractivity contribution is 7.99. The van der Waals surface area contributed by atoms with Gasteiger partial charge in [-0.05, 0) is 108 Å². The van der Waals surface area contributed by atoms with Gasteiger partial charge in [-0.3, -0.25) is 0 Å². The van der Waals surface area contributed by atoms with Gasteiger partial charge in [0.2, 0.25) is 0 Å². The van der Waals surface area contributed by atoms with Crippen LogP contribution in [0.2, 0.25) is 0 Å². The van der Waals surface area contributed by atoms with E-state index in [-0.39, 0.29) is 0 Å². The lowest BCUT2D eigenvalue weighted by atomic mass is 9.62. The Morgan fingerprint density at radius 2 is 0.960 bits per heavy atom. The molecule has 0 aliphatic carbocycles. The van der Waals surface area contributed by atoms with Crippen molar-refractivity contribution < 1.29 is 9.31 Å². The van der Waals surface area contributed by atoms with Gasteiger partial charge in [0.05, 0.1) is 16.8 Å². The number of aryl methyl sites for hydroxylation is 2. The van der Waals surface area contributed by atoms with E-state index in [1.165, 1.54) is 54.5 Å². The summed E-state index contributed by atoms with van der Waals surface area (Å²) in [6.45, 7) is 4.29. The van der Waals surface area contributed by atoms with Crippen molar-refractivity contribution in [1.29, 1.82) is 0 Å². The van der Waals surface area contributed by atoms with Crippen molar-refractivity contribution in [3.05, 3.63) is 179 Å². The maximum Gasteiger partial charge on any atom is 0.633 e. The zero-order chi connectivity index (χ0) is 33.1. The van der Waals surface area contributed by atoms with E-state index in [2.05, 4.69) is 164 Å². The Morgan fingerprint density at radius 1 is 0.500 bits per heavy atom. The third-order valence-electron chi connectivity index (χ3n) is 10.9. The summed E-state index contributed by atoms with van der Waals surface area (Å²) in [6.07, 6.45) is 0. The lowest BCUT2D eigenvalue weighted by Crippen LogP contribution is -2.49. The molecule has 0 N–H and O–H groups in total. The number of hydrogen-bond acceptors (Lipinski definition) is 4. The minimum absolute atomic E-state index is 0.481. The van der Waals surface area contributed by atoms with Crippen LogP contribution in [0.3, 0.4) is 0 Å². The fourth-order valence-electron chi connectivity index (χ4n) is 8.85. The predicted octanol–water partition coefficient (Wildman–Crippen LogP) is 10.7. The summed E-state index contributed by atoms with van der Waals surface area (Å²) in [5.74, 6) is 1.69. The molecule has 0 saturated carbocycles. The third-order valence-corrected chi connectivity index (χ3v) is 12.0. The van der Waals surface area contributed by atoms with Crippen LogP contribution >= 0.6 is 11.8 Å². The van der Waals surface area contributed by atoms with Gasteiger partial charge in [-0.2, -0.15) is 0 Å². The molecule has 50 heavy (non-hydrogen) atoms. The van der Waals surface area contributed by atoms with Gasteiger partial charge in [0.25, 0.3) is 0 Å². The SMILES string of the molecule is Cc1ccc2c(c1)-c1cc(N3c4ccccc4C4(c5ccccc5Sc5ccccc54)c4ccccc43)cc3c1B(O2)Oc1ccc(C)cc1-3. The molecular formula is C45H30BNO2S. The van der Waals surface area contributed by atoms with Crippen molar-refractivity contribution in [3.8, 4) is 33.8 Å². The van der Waals surface area contributed by atoms with Gasteiger partial charge >= 0.3 is 7.12 Å². The third kappa shape index (κ3) is 3.68. The second-order valence-electron chi connectivity index (χ2n) is 13.7. The molecule has 0 amide bonds. The first-order valence-corrected chi connectivity index (χ1v) is 18.0. The molecule has 1 spiro atoms. The average Bonchev–Trinajstić information content (AvgIpc) is 3.15. The zero-order valence-corrected chi connectivity index (χ0v) is 28.4. The summed E-state index contributed by atoms with van der Waals surface area (Å²) in [7, 11) is -0.517. The summed E-state index contributed by atoms with van der Waals surface area (Å²) in [5, 5.41) is 0. The first-order valence-electron chi connectivity index (χ1n) is 17.2. The van der Waals surface area contributed by atoms with Crippen LogP contribution in [0.25, 0.3) is 22.3 Å². The molecule has 11 rings (SSSR count). The Bertz CT molecular complexity index is 2420. The van der Waals surface area contributed by atoms with E-state index >= 15 is 0 Å². The number of benzene rings is 7. The van der Waals surface area contributed by atoms with Crippen molar-refractivity contribution in [2.45, 2.75) is 29.1 Å². The Hall–Kier alpha value is -5.65. The van der Waals surface area contributed by atoms with E-state index in [9.17, 15) is 0 Å². The van der Waals surface area contributed by atoms with Gasteiger partial charge in [0.1, 0.15) is 11.5 Å². The number of para-hydroxylation sites is 2. The molecule has 4 aliphatic heterocycles. The molecule has 0 bridgehead atoms. The fraction of sp³-hybridized carbons (Fsp3) is 0.0667. The Kier molecular flexibility index (Phi) is 5.75. The van der Waals surface area contributed by atoms with Crippen LogP contribution in [0.5, 0.6) is 11.5 Å². The summed E-state index contributed by atoms with van der Waals surface area (Å²) in [6, 6.07) is 53.6. The minimum atomic E-state index is -0.517. The lowest BCUT2D eigenvalue weighted by Gasteiger charge is -2.49. The number of hydrogen-bond donors (Lipinski definition) is 0. The van der Waals surface area contributed by atoms with Crippen LogP contribution in [-0.4, -0.2) is 7.12 Å². The van der Waals surface area contributed by atoms with Crippen LogP contribution < -0.4 is 19.7 Å². The molecule has 0 unspecified atom stereocenters. The highest BCUT2D eigenvalue weighted by Gasteiger charge is 2.50. The maximum absolute atomic E-state index is 6.58. The van der Waals surface area contributed by atoms with E-state index in [1.807, 2.05) is 11.8 Å². The molecule has 0 saturated heterocycles. The molecule has 4 aliphatic rings. The number of rotatable bonds is 1. The first-order chi connectivity index (χ1) is 24.6. The molecular weight excluding hydrogens is 629 g/mol. The topological polar surface area (TPSA) is 21.7 Å². The van der Waals surface area contributed by atoms with E-state index in [0.717, 1.165) is 44.9 Å². The van der Waals surface area contributed by atoms with Crippen LogP contribution in [0.4, 0.5) is 17.1 Å². The summed E-state index contributed by atoms with van der Waals surface area (Å²) in [5.41, 5.74) is 16.2. The quantitative estimate of drug-likeness (QED) is 0.164. The van der Waals surface area contributed by atoms with Crippen LogP contribution in [0.1, 0.15) is 33.4 Å². The Labute approximate surface area is 296 Å². The van der Waals surface area contributed by atoms with E-state index in [4.69, 9.17) is 9.31 Å². The maximum atomic E-state index is 6.58. The number of fused-ring (bicyclic) bond motifs is 12. The van der Waals surface area contributed by atoms with Crippen molar-refractivity contribution in [1.82, 2.24) is 0 Å². The molecule has 236 valence electrons. The molecule has 7 aromatic rings. The van der Waals surface area contributed by atoms with Crippen molar-refractivity contribution >= 4 is 41.4 Å². The molecule has 0 atom stereocenters. The highest BCUT2D eigenvalue weighted by atomic mass is 32.2. The largest absolute Gasteiger partial charge is 0.633 e. The Balaban J connectivity index is 1.24. The summed E-state index contributed by atoms with van der Waals surface area (Å²) in [4.78, 5) is 5.09. The van der Waals surface area contributed by atoms with E-state index in [0.29, 0.717) is 0 Å². The molecule has 0 radical (unpaired) electrons. The lowest BCUT2D eigenvalue weighted by molar-refractivity contribution is 0.436. The normalized spacial score (nSPS) is 14.9. The molecule has 5 heteroatoms. The number of nitrogens with zero attached hydrogens (tertiary/aromatic N) is 1. The Morgan fingerprint density at radius 3 is 1.48 bits per heavy atom. The molecule has 4 heterocycles. The second kappa shape index (κ2) is 10.2. The zero-order valence-electron chi connectivity index (χ0n) is 27.6. The van der Waals surface area contributed by atoms with Crippen molar-refractivity contribution in [2.24, 2.45) is 0 Å². The van der Waals surface area contributed by atoms with Gasteiger partial charge in [0.15, 0.2) is 0 Å². The van der Waals surface area contributed by atoms with Crippen molar-refractivity contribution in [2.75, 3.05) is 4.90 Å². The van der Waals surface area contributed by atoms with Crippen LogP contribution in [-0.2, 0) is 5.41 Å². The molecule has 3 nitrogen and oxygen atoms in total. The van der Waals surface area contributed by atoms with Crippen molar-refractivity contribution in [3.63, 3.8) is 0 Å². The van der Waals surface area contributed by atoms with Gasteiger partial charge in [-0.25, -0.2) is 0 Å². The molecule has 7 aromatic carbocycles. The standard InChI is InChI=1S/C45H30BNO2S/c1-27-19-21-40-30(23-27)32-25-29(26-33-31-24-28(2)20-22-41(31)49-46(48-40)44(32)33)47-38-15-7-3-11-34(38)45(35-12-4-8-16-39(35)47)36-13-5-9-17-42(36)50-43-18-10-6-14-37(43)45/h3-26H,1-2H3. The molecule has 0 aromatic heterocycles. The summed E-state index contributed by atoms with van der Waals surface area (Å²) >= 11 is 1.88. The smallest absolute Gasteiger partial charge is 0.521 e. The second-order valence-corrected chi connectivity index (χ2v) is 14.8. The highest BCUT2D eigenvalue weighted by Crippen LogP contribution is 2.63. The first kappa shape index (κ1) is 28.2. The average molecular weight is 660 g/mol. The minimum Gasteiger partial charge on any atom is -0.521 e. The van der Waals surface area contributed by atoms with Gasteiger partial charge in [-0.1, -0.05) is 108 Å². The number of anilines is 3. The van der Waals surface area contributed by atoms with Gasteiger partial charge < -0.3 is 14.2 Å². The monoisotopic (exact) mass is 659 g/mol. The van der Waals surface area contributed by atoms with Gasteiger partial charge in [0, 0.05) is 32.1 Å². The van der Waals surface area contributed by atoms with Crippen LogP contribution in [0, 0.1) is 13.8 Å². The van der Waals surface area contributed by atoms with Crippen LogP contribution in [0.15, 0.2) is 155 Å². The fourth-order valence-corrected chi connectivity index (χ4v) is 10.0. The summed E-state index contributed by atoms with van der Waals surface area (Å²) < 4.78 is 13.2.